The van der Waals surface area contributed by atoms with Crippen LogP contribution in [-0.2, 0) is 12.7 Å². The number of hydrogen-bond acceptors (Lipinski definition) is 5. The summed E-state index contributed by atoms with van der Waals surface area (Å²) in [4.78, 5) is 12.1. The quantitative estimate of drug-likeness (QED) is 0.935. The number of nitrogens with one attached hydrogen (secondary N) is 1. The summed E-state index contributed by atoms with van der Waals surface area (Å²) in [6, 6.07) is 0.836. The van der Waals surface area contributed by atoms with Crippen LogP contribution in [0.3, 0.4) is 0 Å². The highest BCUT2D eigenvalue weighted by molar-refractivity contribution is 7.09. The maximum Gasteiger partial charge on any atom is 0.433 e. The fourth-order valence-corrected chi connectivity index (χ4v) is 1.97. The number of rotatable bonds is 3. The molecule has 0 aliphatic heterocycles. The van der Waals surface area contributed by atoms with E-state index in [1.165, 1.54) is 11.3 Å². The zero-order valence-electron chi connectivity index (χ0n) is 9.32. The molecule has 0 spiro atoms. The van der Waals surface area contributed by atoms with Gasteiger partial charge < -0.3 is 5.32 Å². The lowest BCUT2D eigenvalue weighted by Crippen LogP contribution is -2.11. The van der Waals surface area contributed by atoms with Crippen molar-refractivity contribution in [3.8, 4) is 0 Å². The molecule has 2 aromatic rings. The second kappa shape index (κ2) is 4.89. The Hall–Kier alpha value is -1.70. The lowest BCUT2D eigenvalue weighted by molar-refractivity contribution is -0.141. The molecule has 0 amide bonds. The third kappa shape index (κ3) is 2.95. The van der Waals surface area contributed by atoms with Crippen molar-refractivity contribution in [1.29, 1.82) is 0 Å². The fraction of sp³-hybridized carbons (Fsp3) is 0.300. The van der Waals surface area contributed by atoms with Crippen molar-refractivity contribution in [3.05, 3.63) is 34.0 Å². The number of thiazole rings is 1. The van der Waals surface area contributed by atoms with Gasteiger partial charge in [0.05, 0.1) is 17.7 Å². The first-order valence-electron chi connectivity index (χ1n) is 5.00. The predicted octanol–water partition coefficient (Wildman–Crippen LogP) is 2.87. The normalized spacial score (nSPS) is 11.6. The minimum Gasteiger partial charge on any atom is -0.349 e. The lowest BCUT2D eigenvalue weighted by Gasteiger charge is -2.08. The third-order valence-electron chi connectivity index (χ3n) is 2.20. The first kappa shape index (κ1) is 12.7. The molecule has 0 radical (unpaired) electrons. The van der Waals surface area contributed by atoms with E-state index in [2.05, 4.69) is 20.3 Å². The van der Waals surface area contributed by atoms with Crippen molar-refractivity contribution in [3.63, 3.8) is 0 Å². The summed E-state index contributed by atoms with van der Waals surface area (Å²) >= 11 is 1.43. The molecule has 2 heterocycles. The minimum absolute atomic E-state index is 0.0439. The van der Waals surface area contributed by atoms with E-state index in [1.54, 1.807) is 5.51 Å². The van der Waals surface area contributed by atoms with Gasteiger partial charge >= 0.3 is 6.18 Å². The largest absolute Gasteiger partial charge is 0.433 e. The summed E-state index contributed by atoms with van der Waals surface area (Å²) in [5.74, 6) is -0.0439. The van der Waals surface area contributed by atoms with Crippen molar-refractivity contribution in [2.45, 2.75) is 19.6 Å². The van der Waals surface area contributed by atoms with E-state index in [4.69, 9.17) is 0 Å². The molecular formula is C10H9F3N4S. The summed E-state index contributed by atoms with van der Waals surface area (Å²) in [7, 11) is 0. The topological polar surface area (TPSA) is 50.7 Å². The SMILES string of the molecule is Cc1ncsc1CNc1nccc(C(F)(F)F)n1. The van der Waals surface area contributed by atoms with Gasteiger partial charge in [-0.15, -0.1) is 11.3 Å². The van der Waals surface area contributed by atoms with Gasteiger partial charge in [0.25, 0.3) is 0 Å². The van der Waals surface area contributed by atoms with Gasteiger partial charge in [0, 0.05) is 11.1 Å². The van der Waals surface area contributed by atoms with Gasteiger partial charge in [0.2, 0.25) is 5.95 Å². The van der Waals surface area contributed by atoms with E-state index < -0.39 is 11.9 Å². The molecule has 0 aromatic carbocycles. The van der Waals surface area contributed by atoms with Crippen LogP contribution in [-0.4, -0.2) is 15.0 Å². The van der Waals surface area contributed by atoms with Crippen LogP contribution >= 0.6 is 11.3 Å². The molecule has 0 saturated heterocycles. The molecule has 96 valence electrons. The summed E-state index contributed by atoms with van der Waals surface area (Å²) in [5, 5.41) is 2.75. The summed E-state index contributed by atoms with van der Waals surface area (Å²) in [6.45, 7) is 2.19. The van der Waals surface area contributed by atoms with Crippen molar-refractivity contribution in [2.24, 2.45) is 0 Å². The number of anilines is 1. The van der Waals surface area contributed by atoms with Crippen molar-refractivity contribution in [1.82, 2.24) is 15.0 Å². The summed E-state index contributed by atoms with van der Waals surface area (Å²) in [6.07, 6.45) is -3.38. The number of nitrogens with zero attached hydrogens (tertiary/aromatic N) is 3. The Balaban J connectivity index is 2.09. The molecule has 0 fully saturated rings. The van der Waals surface area contributed by atoms with Crippen LogP contribution in [0.2, 0.25) is 0 Å². The number of halogens is 3. The van der Waals surface area contributed by atoms with Gasteiger partial charge in [-0.1, -0.05) is 0 Å². The molecule has 0 aliphatic rings. The van der Waals surface area contributed by atoms with E-state index in [0.717, 1.165) is 22.8 Å². The number of aryl methyl sites for hydroxylation is 1. The van der Waals surface area contributed by atoms with Crippen molar-refractivity contribution < 1.29 is 13.2 Å². The Morgan fingerprint density at radius 3 is 2.72 bits per heavy atom. The number of hydrogen-bond donors (Lipinski definition) is 1. The Labute approximate surface area is 105 Å². The van der Waals surface area contributed by atoms with E-state index >= 15 is 0 Å². The standard InChI is InChI=1S/C10H9F3N4S/c1-6-7(18-5-16-6)4-15-9-14-3-2-8(17-9)10(11,12)13/h2-3,5H,4H2,1H3,(H,14,15,17). The van der Waals surface area contributed by atoms with Crippen LogP contribution in [0.25, 0.3) is 0 Å². The zero-order chi connectivity index (χ0) is 13.2. The highest BCUT2D eigenvalue weighted by atomic mass is 32.1. The molecule has 2 aromatic heterocycles. The number of alkyl halides is 3. The van der Waals surface area contributed by atoms with Crippen molar-refractivity contribution >= 4 is 17.3 Å². The number of aromatic nitrogens is 3. The van der Waals surface area contributed by atoms with Crippen LogP contribution in [0.1, 0.15) is 16.3 Å². The Morgan fingerprint density at radius 2 is 2.11 bits per heavy atom. The average Bonchev–Trinajstić information content (AvgIpc) is 2.72. The van der Waals surface area contributed by atoms with E-state index in [-0.39, 0.29) is 5.95 Å². The maximum atomic E-state index is 12.4. The molecule has 4 nitrogen and oxygen atoms in total. The second-order valence-corrected chi connectivity index (χ2v) is 4.42. The Morgan fingerprint density at radius 1 is 1.33 bits per heavy atom. The zero-order valence-corrected chi connectivity index (χ0v) is 10.1. The smallest absolute Gasteiger partial charge is 0.349 e. The van der Waals surface area contributed by atoms with E-state index in [0.29, 0.717) is 6.54 Å². The average molecular weight is 274 g/mol. The molecule has 18 heavy (non-hydrogen) atoms. The van der Waals surface area contributed by atoms with Gasteiger partial charge in [-0.25, -0.2) is 15.0 Å². The molecule has 1 N–H and O–H groups in total. The van der Waals surface area contributed by atoms with E-state index in [9.17, 15) is 13.2 Å². The van der Waals surface area contributed by atoms with Gasteiger partial charge in [0.1, 0.15) is 5.69 Å². The molecule has 8 heteroatoms. The predicted molar refractivity (Wildman–Crippen MR) is 61.2 cm³/mol. The van der Waals surface area contributed by atoms with Crippen LogP contribution in [0.15, 0.2) is 17.8 Å². The molecule has 2 rings (SSSR count). The van der Waals surface area contributed by atoms with Crippen LogP contribution < -0.4 is 5.32 Å². The highest BCUT2D eigenvalue weighted by Gasteiger charge is 2.32. The van der Waals surface area contributed by atoms with Crippen molar-refractivity contribution in [2.75, 3.05) is 5.32 Å². The molecule has 0 unspecified atom stereocenters. The molecule has 0 atom stereocenters. The lowest BCUT2D eigenvalue weighted by atomic mass is 10.4. The van der Waals surface area contributed by atoms with Crippen LogP contribution in [0, 0.1) is 6.92 Å². The fourth-order valence-electron chi connectivity index (χ4n) is 1.26. The van der Waals surface area contributed by atoms with E-state index in [1.807, 2.05) is 6.92 Å². The highest BCUT2D eigenvalue weighted by Crippen LogP contribution is 2.27. The molecular weight excluding hydrogens is 265 g/mol. The monoisotopic (exact) mass is 274 g/mol. The minimum atomic E-state index is -4.46. The van der Waals surface area contributed by atoms with Gasteiger partial charge in [-0.05, 0) is 13.0 Å². The first-order valence-corrected chi connectivity index (χ1v) is 5.88. The first-order chi connectivity index (χ1) is 8.47. The Bertz CT molecular complexity index is 538. The van der Waals surface area contributed by atoms with Crippen LogP contribution in [0.5, 0.6) is 0 Å². The maximum absolute atomic E-state index is 12.4. The summed E-state index contributed by atoms with van der Waals surface area (Å²) < 4.78 is 37.3. The summed E-state index contributed by atoms with van der Waals surface area (Å²) in [5.41, 5.74) is 1.57. The Kier molecular flexibility index (Phi) is 3.46. The second-order valence-electron chi connectivity index (χ2n) is 3.48. The van der Waals surface area contributed by atoms with Crippen LogP contribution in [0.4, 0.5) is 19.1 Å². The molecule has 0 bridgehead atoms. The molecule has 0 aliphatic carbocycles. The van der Waals surface area contributed by atoms with Gasteiger partial charge in [-0.3, -0.25) is 0 Å². The van der Waals surface area contributed by atoms with Gasteiger partial charge in [0.15, 0.2) is 0 Å². The molecule has 0 saturated carbocycles. The third-order valence-corrected chi connectivity index (χ3v) is 3.13. The van der Waals surface area contributed by atoms with Gasteiger partial charge in [-0.2, -0.15) is 13.2 Å².